The molecule has 2 atom stereocenters. The molecule has 0 fully saturated rings. The Hall–Kier alpha value is 0.250. The maximum absolute atomic E-state index is 5.95. The Morgan fingerprint density at radius 2 is 1.91 bits per heavy atom. The lowest BCUT2D eigenvalue weighted by atomic mass is 10.1. The van der Waals surface area contributed by atoms with Crippen molar-refractivity contribution in [3.05, 3.63) is 0 Å². The predicted molar refractivity (Wildman–Crippen MR) is 50.3 cm³/mol. The molecule has 2 unspecified atom stereocenters. The van der Waals surface area contributed by atoms with Crippen molar-refractivity contribution in [2.45, 2.75) is 51.5 Å². The van der Waals surface area contributed by atoms with Gasteiger partial charge in [-0.1, -0.05) is 6.92 Å². The summed E-state index contributed by atoms with van der Waals surface area (Å²) in [5, 5.41) is 0.331. The van der Waals surface area contributed by atoms with Crippen molar-refractivity contribution in [2.75, 3.05) is 6.61 Å². The highest BCUT2D eigenvalue weighted by atomic mass is 35.5. The fraction of sp³-hybridized carbons (Fsp3) is 1.00. The minimum Gasteiger partial charge on any atom is -0.379 e. The van der Waals surface area contributed by atoms with Gasteiger partial charge in [-0.3, -0.25) is 0 Å². The maximum atomic E-state index is 5.95. The highest BCUT2D eigenvalue weighted by molar-refractivity contribution is 6.20. The van der Waals surface area contributed by atoms with E-state index < -0.39 is 0 Å². The summed E-state index contributed by atoms with van der Waals surface area (Å²) in [6.07, 6.45) is 3.57. The number of ether oxygens (including phenoxy) is 1. The van der Waals surface area contributed by atoms with Gasteiger partial charge in [0.15, 0.2) is 0 Å². The van der Waals surface area contributed by atoms with Gasteiger partial charge >= 0.3 is 0 Å². The molecule has 0 saturated heterocycles. The zero-order chi connectivity index (χ0) is 8.69. The molecule has 0 amide bonds. The van der Waals surface area contributed by atoms with Crippen LogP contribution in [0.15, 0.2) is 0 Å². The molecule has 0 aliphatic rings. The van der Waals surface area contributed by atoms with Crippen molar-refractivity contribution < 1.29 is 4.74 Å². The second-order valence-electron chi connectivity index (χ2n) is 2.85. The predicted octanol–water partition coefficient (Wildman–Crippen LogP) is 3.21. The van der Waals surface area contributed by atoms with E-state index in [4.69, 9.17) is 16.3 Å². The molecule has 0 rings (SSSR count). The van der Waals surface area contributed by atoms with E-state index >= 15 is 0 Å². The summed E-state index contributed by atoms with van der Waals surface area (Å²) >= 11 is 5.95. The summed E-state index contributed by atoms with van der Waals surface area (Å²) in [6.45, 7) is 7.04. The molecule has 0 aliphatic heterocycles. The fourth-order valence-corrected chi connectivity index (χ4v) is 1.11. The van der Waals surface area contributed by atoms with Gasteiger partial charge in [-0.25, -0.2) is 0 Å². The molecule has 0 N–H and O–H groups in total. The smallest absolute Gasteiger partial charge is 0.0547 e. The molecule has 0 aliphatic carbocycles. The van der Waals surface area contributed by atoms with Crippen LogP contribution in [-0.4, -0.2) is 18.1 Å². The van der Waals surface area contributed by atoms with E-state index in [2.05, 4.69) is 13.8 Å². The second-order valence-corrected chi connectivity index (χ2v) is 3.47. The van der Waals surface area contributed by atoms with Crippen LogP contribution in [-0.2, 0) is 4.74 Å². The van der Waals surface area contributed by atoms with Gasteiger partial charge in [0, 0.05) is 12.0 Å². The Balaban J connectivity index is 3.22. The van der Waals surface area contributed by atoms with Crippen LogP contribution in [0.1, 0.15) is 40.0 Å². The van der Waals surface area contributed by atoms with E-state index in [1.165, 1.54) is 0 Å². The number of halogens is 1. The molecule has 0 aromatic carbocycles. The van der Waals surface area contributed by atoms with E-state index in [0.29, 0.717) is 11.5 Å². The molecular weight excluding hydrogens is 160 g/mol. The molecule has 68 valence electrons. The van der Waals surface area contributed by atoms with Crippen LogP contribution in [0.4, 0.5) is 0 Å². The molecule has 0 radical (unpaired) electrons. The Morgan fingerprint density at radius 1 is 1.27 bits per heavy atom. The van der Waals surface area contributed by atoms with Crippen LogP contribution in [0.25, 0.3) is 0 Å². The number of hydrogen-bond donors (Lipinski definition) is 0. The lowest BCUT2D eigenvalue weighted by molar-refractivity contribution is 0.0687. The summed E-state index contributed by atoms with van der Waals surface area (Å²) in [7, 11) is 0. The van der Waals surface area contributed by atoms with E-state index in [1.54, 1.807) is 0 Å². The first-order valence-corrected chi connectivity index (χ1v) is 4.90. The maximum Gasteiger partial charge on any atom is 0.0547 e. The summed E-state index contributed by atoms with van der Waals surface area (Å²) < 4.78 is 5.38. The molecule has 0 bridgehead atoms. The average Bonchev–Trinajstić information content (AvgIpc) is 2.01. The van der Waals surface area contributed by atoms with Crippen molar-refractivity contribution in [3.63, 3.8) is 0 Å². The van der Waals surface area contributed by atoms with Gasteiger partial charge in [0.2, 0.25) is 0 Å². The first kappa shape index (κ1) is 11.2. The van der Waals surface area contributed by atoms with Crippen LogP contribution >= 0.6 is 11.6 Å². The van der Waals surface area contributed by atoms with E-state index in [-0.39, 0.29) is 0 Å². The third-order valence-electron chi connectivity index (χ3n) is 1.78. The Kier molecular flexibility index (Phi) is 7.09. The molecule has 2 heteroatoms. The number of hydrogen-bond acceptors (Lipinski definition) is 1. The largest absolute Gasteiger partial charge is 0.379 e. The molecule has 0 heterocycles. The van der Waals surface area contributed by atoms with Crippen LogP contribution in [0, 0.1) is 0 Å². The van der Waals surface area contributed by atoms with E-state index in [1.807, 2.05) is 6.92 Å². The molecular formula is C9H19ClO. The second kappa shape index (κ2) is 6.93. The van der Waals surface area contributed by atoms with Crippen LogP contribution in [0.2, 0.25) is 0 Å². The third kappa shape index (κ3) is 6.64. The SMILES string of the molecule is CCOC(C)CCC(Cl)CC. The Morgan fingerprint density at radius 3 is 2.36 bits per heavy atom. The van der Waals surface area contributed by atoms with E-state index in [0.717, 1.165) is 25.9 Å². The van der Waals surface area contributed by atoms with Crippen molar-refractivity contribution in [1.82, 2.24) is 0 Å². The zero-order valence-corrected chi connectivity index (χ0v) is 8.53. The fourth-order valence-electron chi connectivity index (χ4n) is 0.988. The summed E-state index contributed by atoms with van der Waals surface area (Å²) in [4.78, 5) is 0. The Bertz CT molecular complexity index is 85.6. The standard InChI is InChI=1S/C9H19ClO/c1-4-9(10)7-6-8(3)11-5-2/h8-9H,4-7H2,1-3H3. The summed E-state index contributed by atoms with van der Waals surface area (Å²) in [5.74, 6) is 0. The Labute approximate surface area is 75.1 Å². The van der Waals surface area contributed by atoms with E-state index in [9.17, 15) is 0 Å². The minimum absolute atomic E-state index is 0.331. The van der Waals surface area contributed by atoms with Gasteiger partial charge < -0.3 is 4.74 Å². The van der Waals surface area contributed by atoms with Crippen LogP contribution in [0.3, 0.4) is 0 Å². The first-order chi connectivity index (χ1) is 5.20. The van der Waals surface area contributed by atoms with Gasteiger partial charge in [-0.2, -0.15) is 0 Å². The molecule has 1 nitrogen and oxygen atoms in total. The highest BCUT2D eigenvalue weighted by Gasteiger charge is 2.05. The quantitative estimate of drug-likeness (QED) is 0.568. The molecule has 0 aromatic heterocycles. The average molecular weight is 179 g/mol. The third-order valence-corrected chi connectivity index (χ3v) is 2.31. The molecule has 0 aromatic rings. The van der Waals surface area contributed by atoms with Gasteiger partial charge in [-0.05, 0) is 33.1 Å². The highest BCUT2D eigenvalue weighted by Crippen LogP contribution is 2.12. The van der Waals surface area contributed by atoms with Crippen molar-refractivity contribution >= 4 is 11.6 Å². The van der Waals surface area contributed by atoms with Gasteiger partial charge in [0.25, 0.3) is 0 Å². The molecule has 11 heavy (non-hydrogen) atoms. The normalized spacial score (nSPS) is 16.4. The zero-order valence-electron chi connectivity index (χ0n) is 7.77. The van der Waals surface area contributed by atoms with Gasteiger partial charge in [0.05, 0.1) is 6.10 Å². The lowest BCUT2D eigenvalue weighted by Crippen LogP contribution is -2.10. The van der Waals surface area contributed by atoms with Crippen LogP contribution < -0.4 is 0 Å². The number of rotatable bonds is 6. The van der Waals surface area contributed by atoms with Gasteiger partial charge in [-0.15, -0.1) is 11.6 Å². The molecule has 0 saturated carbocycles. The van der Waals surface area contributed by atoms with Crippen molar-refractivity contribution in [1.29, 1.82) is 0 Å². The van der Waals surface area contributed by atoms with Crippen LogP contribution in [0.5, 0.6) is 0 Å². The van der Waals surface area contributed by atoms with Gasteiger partial charge in [0.1, 0.15) is 0 Å². The first-order valence-electron chi connectivity index (χ1n) is 4.46. The topological polar surface area (TPSA) is 9.23 Å². The minimum atomic E-state index is 0.331. The number of alkyl halides is 1. The lowest BCUT2D eigenvalue weighted by Gasteiger charge is -2.12. The molecule has 0 spiro atoms. The van der Waals surface area contributed by atoms with Crippen molar-refractivity contribution in [2.24, 2.45) is 0 Å². The van der Waals surface area contributed by atoms with Crippen molar-refractivity contribution in [3.8, 4) is 0 Å². The monoisotopic (exact) mass is 178 g/mol. The summed E-state index contributed by atoms with van der Waals surface area (Å²) in [5.41, 5.74) is 0. The summed E-state index contributed by atoms with van der Waals surface area (Å²) in [6, 6.07) is 0.